The van der Waals surface area contributed by atoms with Gasteiger partial charge in [0.1, 0.15) is 0 Å². The molecule has 18 heavy (non-hydrogen) atoms. The van der Waals surface area contributed by atoms with E-state index in [9.17, 15) is 9.59 Å². The van der Waals surface area contributed by atoms with Gasteiger partial charge in [0.05, 0.1) is 15.7 Å². The lowest BCUT2D eigenvalue weighted by Crippen LogP contribution is -2.38. The second-order valence-electron chi connectivity index (χ2n) is 4.13. The molecule has 2 N–H and O–H groups in total. The van der Waals surface area contributed by atoms with Gasteiger partial charge in [0.15, 0.2) is 0 Å². The van der Waals surface area contributed by atoms with Gasteiger partial charge in [0.2, 0.25) is 11.8 Å². The Kier molecular flexibility index (Phi) is 4.09. The number of hydrogen-bond donors (Lipinski definition) is 2. The van der Waals surface area contributed by atoms with Crippen molar-refractivity contribution in [2.24, 2.45) is 5.92 Å². The molecule has 2 amide bonds. The van der Waals surface area contributed by atoms with Crippen molar-refractivity contribution in [1.82, 2.24) is 5.32 Å². The number of amides is 2. The molecule has 1 heterocycles. The van der Waals surface area contributed by atoms with E-state index in [1.165, 1.54) is 0 Å². The third kappa shape index (κ3) is 2.94. The zero-order chi connectivity index (χ0) is 13.1. The van der Waals surface area contributed by atoms with Gasteiger partial charge in [-0.2, -0.15) is 0 Å². The molecule has 1 aliphatic heterocycles. The zero-order valence-electron chi connectivity index (χ0n) is 9.50. The Morgan fingerprint density at radius 2 is 2.00 bits per heavy atom. The van der Waals surface area contributed by atoms with Crippen molar-refractivity contribution in [2.45, 2.75) is 12.8 Å². The second-order valence-corrected chi connectivity index (χ2v) is 4.94. The number of nitrogens with one attached hydrogen (secondary N) is 2. The maximum absolute atomic E-state index is 12.0. The Balaban J connectivity index is 2.09. The molecule has 0 aliphatic carbocycles. The fraction of sp³-hybridized carbons (Fsp3) is 0.333. The summed E-state index contributed by atoms with van der Waals surface area (Å²) < 4.78 is 0. The number of anilines is 1. The van der Waals surface area contributed by atoms with Crippen LogP contribution >= 0.6 is 23.2 Å². The fourth-order valence-electron chi connectivity index (χ4n) is 1.85. The van der Waals surface area contributed by atoms with Crippen molar-refractivity contribution in [2.75, 3.05) is 11.9 Å². The van der Waals surface area contributed by atoms with Crippen molar-refractivity contribution in [3.63, 3.8) is 0 Å². The molecular weight excluding hydrogens is 275 g/mol. The lowest BCUT2D eigenvalue weighted by Gasteiger charge is -2.21. The van der Waals surface area contributed by atoms with Crippen LogP contribution < -0.4 is 10.6 Å². The summed E-state index contributed by atoms with van der Waals surface area (Å²) in [7, 11) is 0. The Hall–Kier alpha value is -1.26. The minimum atomic E-state index is -0.328. The first-order valence-corrected chi connectivity index (χ1v) is 6.35. The van der Waals surface area contributed by atoms with Gasteiger partial charge in [-0.1, -0.05) is 29.3 Å². The SMILES string of the molecule is O=C1CC(C(=O)Nc2c(Cl)cccc2Cl)CCN1. The lowest BCUT2D eigenvalue weighted by molar-refractivity contribution is -0.129. The van der Waals surface area contributed by atoms with E-state index in [0.717, 1.165) is 0 Å². The quantitative estimate of drug-likeness (QED) is 0.877. The molecule has 4 nitrogen and oxygen atoms in total. The molecule has 96 valence electrons. The topological polar surface area (TPSA) is 58.2 Å². The molecule has 0 saturated carbocycles. The molecule has 6 heteroatoms. The highest BCUT2D eigenvalue weighted by Crippen LogP contribution is 2.30. The van der Waals surface area contributed by atoms with Crippen molar-refractivity contribution in [3.05, 3.63) is 28.2 Å². The number of benzene rings is 1. The molecule has 1 aromatic rings. The summed E-state index contributed by atoms with van der Waals surface area (Å²) in [6.45, 7) is 0.521. The summed E-state index contributed by atoms with van der Waals surface area (Å²) in [6, 6.07) is 5.00. The van der Waals surface area contributed by atoms with Crippen molar-refractivity contribution >= 4 is 40.7 Å². The Bertz CT molecular complexity index is 471. The van der Waals surface area contributed by atoms with Gasteiger partial charge < -0.3 is 10.6 Å². The van der Waals surface area contributed by atoms with Gasteiger partial charge in [-0.05, 0) is 18.6 Å². The van der Waals surface area contributed by atoms with Gasteiger partial charge >= 0.3 is 0 Å². The first-order chi connectivity index (χ1) is 8.58. The van der Waals surface area contributed by atoms with E-state index in [-0.39, 0.29) is 24.2 Å². The first-order valence-electron chi connectivity index (χ1n) is 5.59. The summed E-state index contributed by atoms with van der Waals surface area (Å²) in [5, 5.41) is 6.14. The number of para-hydroxylation sites is 1. The van der Waals surface area contributed by atoms with Crippen LogP contribution in [0, 0.1) is 5.92 Å². The molecular formula is C12H12Cl2N2O2. The van der Waals surface area contributed by atoms with E-state index in [4.69, 9.17) is 23.2 Å². The minimum absolute atomic E-state index is 0.105. The Morgan fingerprint density at radius 1 is 1.33 bits per heavy atom. The number of rotatable bonds is 2. The summed E-state index contributed by atoms with van der Waals surface area (Å²) in [4.78, 5) is 23.2. The third-order valence-electron chi connectivity index (χ3n) is 2.83. The standard InChI is InChI=1S/C12H12Cl2N2O2/c13-8-2-1-3-9(14)11(8)16-12(18)7-4-5-15-10(17)6-7/h1-3,7H,4-6H2,(H,15,17)(H,16,18). The van der Waals surface area contributed by atoms with E-state index in [1.54, 1.807) is 18.2 Å². The molecule has 1 unspecified atom stereocenters. The average Bonchev–Trinajstić information content (AvgIpc) is 2.34. The predicted molar refractivity (Wildman–Crippen MR) is 70.8 cm³/mol. The number of carbonyl (C=O) groups is 2. The molecule has 0 radical (unpaired) electrons. The van der Waals surface area contributed by atoms with E-state index in [0.29, 0.717) is 28.7 Å². The highest BCUT2D eigenvalue weighted by atomic mass is 35.5. The largest absolute Gasteiger partial charge is 0.356 e. The van der Waals surface area contributed by atoms with Gasteiger partial charge in [-0.3, -0.25) is 9.59 Å². The highest BCUT2D eigenvalue weighted by Gasteiger charge is 2.26. The van der Waals surface area contributed by atoms with Crippen LogP contribution in [0.3, 0.4) is 0 Å². The second kappa shape index (κ2) is 5.59. The van der Waals surface area contributed by atoms with E-state index < -0.39 is 0 Å². The molecule has 0 spiro atoms. The van der Waals surface area contributed by atoms with E-state index in [2.05, 4.69) is 10.6 Å². The fourth-order valence-corrected chi connectivity index (χ4v) is 2.34. The molecule has 1 aromatic carbocycles. The summed E-state index contributed by atoms with van der Waals surface area (Å²) in [5.41, 5.74) is 0.400. The number of piperidine rings is 1. The minimum Gasteiger partial charge on any atom is -0.356 e. The zero-order valence-corrected chi connectivity index (χ0v) is 11.0. The van der Waals surface area contributed by atoms with E-state index in [1.807, 2.05) is 0 Å². The smallest absolute Gasteiger partial charge is 0.228 e. The number of carbonyl (C=O) groups excluding carboxylic acids is 2. The Labute approximate surface area is 115 Å². The van der Waals surface area contributed by atoms with Crippen molar-refractivity contribution < 1.29 is 9.59 Å². The molecule has 1 fully saturated rings. The summed E-state index contributed by atoms with van der Waals surface area (Å²) in [6.07, 6.45) is 0.827. The van der Waals surface area contributed by atoms with Crippen molar-refractivity contribution in [3.8, 4) is 0 Å². The maximum Gasteiger partial charge on any atom is 0.228 e. The summed E-state index contributed by atoms with van der Waals surface area (Å²) >= 11 is 11.9. The molecule has 1 saturated heterocycles. The average molecular weight is 287 g/mol. The maximum atomic E-state index is 12.0. The van der Waals surface area contributed by atoms with Crippen LogP contribution in [0.15, 0.2) is 18.2 Å². The molecule has 0 aromatic heterocycles. The lowest BCUT2D eigenvalue weighted by atomic mass is 9.96. The molecule has 2 rings (SSSR count). The van der Waals surface area contributed by atoms with Gasteiger partial charge in [-0.15, -0.1) is 0 Å². The van der Waals surface area contributed by atoms with E-state index >= 15 is 0 Å². The highest BCUT2D eigenvalue weighted by molar-refractivity contribution is 6.39. The summed E-state index contributed by atoms with van der Waals surface area (Å²) in [5.74, 6) is -0.655. The Morgan fingerprint density at radius 3 is 2.61 bits per heavy atom. The third-order valence-corrected chi connectivity index (χ3v) is 3.46. The monoisotopic (exact) mass is 286 g/mol. The van der Waals surface area contributed by atoms with Crippen LogP contribution in [0.2, 0.25) is 10.0 Å². The number of halogens is 2. The number of hydrogen-bond acceptors (Lipinski definition) is 2. The molecule has 1 atom stereocenters. The van der Waals surface area contributed by atoms with Crippen LogP contribution in [0.5, 0.6) is 0 Å². The van der Waals surface area contributed by atoms with Crippen LogP contribution in [-0.2, 0) is 9.59 Å². The van der Waals surface area contributed by atoms with Gasteiger partial charge in [-0.25, -0.2) is 0 Å². The molecule has 0 bridgehead atoms. The first kappa shape index (κ1) is 13.2. The van der Waals surface area contributed by atoms with Crippen LogP contribution in [0.25, 0.3) is 0 Å². The molecule has 1 aliphatic rings. The van der Waals surface area contributed by atoms with Gasteiger partial charge in [0, 0.05) is 18.9 Å². The van der Waals surface area contributed by atoms with Crippen LogP contribution in [-0.4, -0.2) is 18.4 Å². The van der Waals surface area contributed by atoms with Crippen LogP contribution in [0.4, 0.5) is 5.69 Å². The van der Waals surface area contributed by atoms with Gasteiger partial charge in [0.25, 0.3) is 0 Å². The normalized spacial score (nSPS) is 19.2. The van der Waals surface area contributed by atoms with Crippen molar-refractivity contribution in [1.29, 1.82) is 0 Å². The predicted octanol–water partition coefficient (Wildman–Crippen LogP) is 2.46. The van der Waals surface area contributed by atoms with Crippen LogP contribution in [0.1, 0.15) is 12.8 Å².